The minimum Gasteiger partial charge on any atom is -0.493 e. The normalized spacial score (nSPS) is 16.7. The number of nitrogens with one attached hydrogen (secondary N) is 1. The molecule has 0 saturated carbocycles. The first-order chi connectivity index (χ1) is 10.2. The Hall–Kier alpha value is -0.530. The standard InChI is InChI=1S/C15H23BrN2O3.ClH/c1-20-14-9-11(12(16)10-15(14)21-2)13(3-8-19)18-6-4-17-5-7-18;/h9-10,13,17,19H,3-8H2,1-2H3;1H/t13-;/m0./s1. The van der Waals surface area contributed by atoms with Crippen molar-refractivity contribution in [2.45, 2.75) is 12.5 Å². The summed E-state index contributed by atoms with van der Waals surface area (Å²) in [5.41, 5.74) is 1.13. The van der Waals surface area contributed by atoms with Crippen LogP contribution in [-0.2, 0) is 0 Å². The quantitative estimate of drug-likeness (QED) is 0.773. The molecule has 7 heteroatoms. The van der Waals surface area contributed by atoms with E-state index in [4.69, 9.17) is 9.47 Å². The minimum atomic E-state index is 0. The molecular weight excluding hydrogens is 372 g/mol. The summed E-state index contributed by atoms with van der Waals surface area (Å²) in [4.78, 5) is 2.40. The van der Waals surface area contributed by atoms with Crippen LogP contribution >= 0.6 is 28.3 Å². The van der Waals surface area contributed by atoms with Gasteiger partial charge in [0.05, 0.1) is 14.2 Å². The Balaban J connectivity index is 0.00000242. The van der Waals surface area contributed by atoms with Crippen molar-refractivity contribution >= 4 is 28.3 Å². The average Bonchev–Trinajstić information content (AvgIpc) is 2.53. The second kappa shape index (κ2) is 9.57. The molecule has 2 rings (SSSR count). The first-order valence-electron chi connectivity index (χ1n) is 7.18. The van der Waals surface area contributed by atoms with Crippen molar-refractivity contribution < 1.29 is 14.6 Å². The van der Waals surface area contributed by atoms with Gasteiger partial charge < -0.3 is 19.9 Å². The van der Waals surface area contributed by atoms with E-state index in [2.05, 4.69) is 26.1 Å². The van der Waals surface area contributed by atoms with Gasteiger partial charge in [-0.05, 0) is 24.1 Å². The number of ether oxygens (including phenoxy) is 2. The van der Waals surface area contributed by atoms with E-state index in [-0.39, 0.29) is 25.1 Å². The molecule has 0 aromatic heterocycles. The maximum Gasteiger partial charge on any atom is 0.161 e. The molecule has 1 atom stereocenters. The van der Waals surface area contributed by atoms with Crippen LogP contribution in [0.4, 0.5) is 0 Å². The van der Waals surface area contributed by atoms with Crippen LogP contribution in [0.15, 0.2) is 16.6 Å². The number of aliphatic hydroxyl groups is 1. The molecule has 0 amide bonds. The molecule has 1 saturated heterocycles. The average molecular weight is 396 g/mol. The molecule has 1 heterocycles. The van der Waals surface area contributed by atoms with Crippen molar-refractivity contribution in [2.24, 2.45) is 0 Å². The van der Waals surface area contributed by atoms with Crippen molar-refractivity contribution in [1.82, 2.24) is 10.2 Å². The van der Waals surface area contributed by atoms with Crippen LogP contribution in [0.2, 0.25) is 0 Å². The number of hydrogen-bond acceptors (Lipinski definition) is 5. The molecule has 22 heavy (non-hydrogen) atoms. The summed E-state index contributed by atoms with van der Waals surface area (Å²) in [7, 11) is 3.27. The number of piperazine rings is 1. The lowest BCUT2D eigenvalue weighted by Crippen LogP contribution is -2.45. The second-order valence-electron chi connectivity index (χ2n) is 5.04. The van der Waals surface area contributed by atoms with Crippen molar-refractivity contribution in [1.29, 1.82) is 0 Å². The second-order valence-corrected chi connectivity index (χ2v) is 5.90. The number of nitrogens with zero attached hydrogens (tertiary/aromatic N) is 1. The lowest BCUT2D eigenvalue weighted by molar-refractivity contribution is 0.140. The van der Waals surface area contributed by atoms with Crippen LogP contribution < -0.4 is 14.8 Å². The highest BCUT2D eigenvalue weighted by Gasteiger charge is 2.25. The molecule has 1 aliphatic rings. The van der Waals surface area contributed by atoms with Crippen molar-refractivity contribution in [2.75, 3.05) is 47.0 Å². The molecule has 0 aliphatic carbocycles. The molecule has 1 aromatic carbocycles. The van der Waals surface area contributed by atoms with Gasteiger partial charge >= 0.3 is 0 Å². The third-order valence-corrected chi connectivity index (χ3v) is 4.54. The number of aliphatic hydroxyl groups excluding tert-OH is 1. The van der Waals surface area contributed by atoms with Gasteiger partial charge in [-0.15, -0.1) is 12.4 Å². The first kappa shape index (κ1) is 19.5. The number of halogens is 2. The van der Waals surface area contributed by atoms with Crippen LogP contribution in [-0.4, -0.2) is 57.0 Å². The zero-order valence-electron chi connectivity index (χ0n) is 13.0. The van der Waals surface area contributed by atoms with E-state index in [0.29, 0.717) is 17.9 Å². The maximum atomic E-state index is 9.43. The molecular formula is C15H24BrClN2O3. The smallest absolute Gasteiger partial charge is 0.161 e. The molecule has 5 nitrogen and oxygen atoms in total. The predicted octanol–water partition coefficient (Wildman–Crippen LogP) is 2.22. The molecule has 1 fully saturated rings. The first-order valence-corrected chi connectivity index (χ1v) is 7.97. The van der Waals surface area contributed by atoms with Crippen molar-refractivity contribution in [3.63, 3.8) is 0 Å². The Morgan fingerprint density at radius 2 is 1.82 bits per heavy atom. The summed E-state index contributed by atoms with van der Waals surface area (Å²) in [6.07, 6.45) is 0.702. The van der Waals surface area contributed by atoms with E-state index >= 15 is 0 Å². The van der Waals surface area contributed by atoms with E-state index in [1.54, 1.807) is 14.2 Å². The summed E-state index contributed by atoms with van der Waals surface area (Å²) in [6, 6.07) is 4.11. The van der Waals surface area contributed by atoms with E-state index in [1.165, 1.54) is 0 Å². The van der Waals surface area contributed by atoms with Crippen LogP contribution in [0.5, 0.6) is 11.5 Å². The minimum absolute atomic E-state index is 0. The Bertz CT molecular complexity index is 470. The van der Waals surface area contributed by atoms with Crippen LogP contribution in [0.1, 0.15) is 18.0 Å². The van der Waals surface area contributed by atoms with Crippen LogP contribution in [0, 0.1) is 0 Å². The van der Waals surface area contributed by atoms with Gasteiger partial charge in [0, 0.05) is 43.3 Å². The van der Waals surface area contributed by atoms with Gasteiger partial charge in [0.25, 0.3) is 0 Å². The zero-order chi connectivity index (χ0) is 15.2. The molecule has 2 N–H and O–H groups in total. The molecule has 1 aliphatic heterocycles. The number of hydrogen-bond donors (Lipinski definition) is 2. The summed E-state index contributed by atoms with van der Waals surface area (Å²) >= 11 is 3.63. The molecule has 0 bridgehead atoms. The molecule has 0 radical (unpaired) electrons. The topological polar surface area (TPSA) is 54.0 Å². The van der Waals surface area contributed by atoms with Gasteiger partial charge in [-0.3, -0.25) is 4.90 Å². The third kappa shape index (κ3) is 4.49. The third-order valence-electron chi connectivity index (χ3n) is 3.86. The molecule has 126 valence electrons. The zero-order valence-corrected chi connectivity index (χ0v) is 15.4. The fourth-order valence-corrected chi connectivity index (χ4v) is 3.36. The maximum absolute atomic E-state index is 9.43. The SMILES string of the molecule is COc1cc(Br)c([C@H](CCO)N2CCNCC2)cc1OC.Cl. The lowest BCUT2D eigenvalue weighted by Gasteiger charge is -2.35. The predicted molar refractivity (Wildman–Crippen MR) is 93.4 cm³/mol. The van der Waals surface area contributed by atoms with Crippen LogP contribution in [0.25, 0.3) is 0 Å². The van der Waals surface area contributed by atoms with E-state index < -0.39 is 0 Å². The summed E-state index contributed by atoms with van der Waals surface area (Å²) in [5.74, 6) is 1.42. The largest absolute Gasteiger partial charge is 0.493 e. The van der Waals surface area contributed by atoms with Crippen molar-refractivity contribution in [3.8, 4) is 11.5 Å². The van der Waals surface area contributed by atoms with Gasteiger partial charge in [-0.25, -0.2) is 0 Å². The molecule has 0 unspecified atom stereocenters. The van der Waals surface area contributed by atoms with E-state index in [0.717, 1.165) is 36.2 Å². The number of benzene rings is 1. The number of rotatable bonds is 6. The summed E-state index contributed by atoms with van der Waals surface area (Å²) < 4.78 is 11.7. The summed E-state index contributed by atoms with van der Waals surface area (Å²) in [6.45, 7) is 4.08. The number of methoxy groups -OCH3 is 2. The van der Waals surface area contributed by atoms with Gasteiger partial charge in [0.1, 0.15) is 0 Å². The monoisotopic (exact) mass is 394 g/mol. The van der Waals surface area contributed by atoms with Gasteiger partial charge in [0.15, 0.2) is 11.5 Å². The lowest BCUT2D eigenvalue weighted by atomic mass is 10.0. The fraction of sp³-hybridized carbons (Fsp3) is 0.600. The highest BCUT2D eigenvalue weighted by molar-refractivity contribution is 9.10. The van der Waals surface area contributed by atoms with Crippen LogP contribution in [0.3, 0.4) is 0 Å². The van der Waals surface area contributed by atoms with Crippen molar-refractivity contribution in [3.05, 3.63) is 22.2 Å². The molecule has 0 spiro atoms. The Kier molecular flexibility index (Phi) is 8.49. The van der Waals surface area contributed by atoms with Gasteiger partial charge in [-0.2, -0.15) is 0 Å². The molecule has 1 aromatic rings. The van der Waals surface area contributed by atoms with Gasteiger partial charge in [-0.1, -0.05) is 15.9 Å². The van der Waals surface area contributed by atoms with E-state index in [1.807, 2.05) is 12.1 Å². The highest BCUT2D eigenvalue weighted by atomic mass is 79.9. The highest BCUT2D eigenvalue weighted by Crippen LogP contribution is 2.38. The van der Waals surface area contributed by atoms with Gasteiger partial charge in [0.2, 0.25) is 0 Å². The summed E-state index contributed by atoms with van der Waals surface area (Å²) in [5, 5.41) is 12.8. The Morgan fingerprint density at radius 3 is 2.36 bits per heavy atom. The Labute approximate surface area is 146 Å². The van der Waals surface area contributed by atoms with E-state index in [9.17, 15) is 5.11 Å². The fourth-order valence-electron chi connectivity index (χ4n) is 2.78. The Morgan fingerprint density at radius 1 is 1.23 bits per heavy atom.